The molecule has 0 saturated carbocycles. The molecule has 0 fully saturated rings. The first kappa shape index (κ1) is 11.0. The van der Waals surface area contributed by atoms with E-state index < -0.39 is 0 Å². The molecule has 0 aliphatic heterocycles. The van der Waals surface area contributed by atoms with E-state index in [9.17, 15) is 0 Å². The summed E-state index contributed by atoms with van der Waals surface area (Å²) in [5.74, 6) is 5.85. The molecule has 1 aromatic rings. The third kappa shape index (κ3) is 3.35. The Bertz CT molecular complexity index is 324. The predicted molar refractivity (Wildman–Crippen MR) is 63.1 cm³/mol. The van der Waals surface area contributed by atoms with Crippen molar-refractivity contribution in [1.82, 2.24) is 5.43 Å². The summed E-state index contributed by atoms with van der Waals surface area (Å²) in [6.45, 7) is 2.63. The maximum Gasteiger partial charge on any atom is 0.210 e. The number of hydrazine groups is 1. The molecule has 0 saturated heterocycles. The van der Waals surface area contributed by atoms with Crippen molar-refractivity contribution in [3.63, 3.8) is 0 Å². The zero-order valence-electron chi connectivity index (χ0n) is 7.92. The second-order valence-electron chi connectivity index (χ2n) is 2.60. The molecule has 0 spiro atoms. The van der Waals surface area contributed by atoms with Gasteiger partial charge in [-0.05, 0) is 25.1 Å². The van der Waals surface area contributed by atoms with E-state index in [1.807, 2.05) is 31.2 Å². The molecular weight excluding hydrogens is 244 g/mol. The van der Waals surface area contributed by atoms with Crippen LogP contribution in [0.3, 0.4) is 0 Å². The third-order valence-electron chi connectivity index (χ3n) is 1.54. The monoisotopic (exact) mass is 256 g/mol. The van der Waals surface area contributed by atoms with Gasteiger partial charge in [0.05, 0.1) is 0 Å². The number of halogens is 1. The van der Waals surface area contributed by atoms with E-state index >= 15 is 0 Å². The topological polar surface area (TPSA) is 62.4 Å². The summed E-state index contributed by atoms with van der Waals surface area (Å²) < 4.78 is 1.01. The van der Waals surface area contributed by atoms with Crippen molar-refractivity contribution in [3.05, 3.63) is 28.7 Å². The Morgan fingerprint density at radius 2 is 2.36 bits per heavy atom. The lowest BCUT2D eigenvalue weighted by Gasteiger charge is -2.08. The highest BCUT2D eigenvalue weighted by Crippen LogP contribution is 2.15. The Balaban J connectivity index is 2.72. The molecule has 0 bridgehead atoms. The summed E-state index contributed by atoms with van der Waals surface area (Å²) in [7, 11) is 0. The number of nitrogens with zero attached hydrogens (tertiary/aromatic N) is 1. The van der Waals surface area contributed by atoms with Gasteiger partial charge < -0.3 is 5.32 Å². The van der Waals surface area contributed by atoms with Crippen molar-refractivity contribution in [2.45, 2.75) is 6.92 Å². The lowest BCUT2D eigenvalue weighted by atomic mass is 10.3. The number of rotatable bonds is 2. The minimum atomic E-state index is 0.561. The quantitative estimate of drug-likeness (QED) is 0.327. The summed E-state index contributed by atoms with van der Waals surface area (Å²) in [6, 6.07) is 7.78. The van der Waals surface area contributed by atoms with Crippen LogP contribution in [0.15, 0.2) is 33.7 Å². The van der Waals surface area contributed by atoms with Gasteiger partial charge in [0.25, 0.3) is 0 Å². The molecule has 0 radical (unpaired) electrons. The van der Waals surface area contributed by atoms with Crippen molar-refractivity contribution in [2.75, 3.05) is 11.9 Å². The molecule has 0 aliphatic rings. The molecule has 0 heterocycles. The largest absolute Gasteiger partial charge is 0.325 e. The summed E-state index contributed by atoms with van der Waals surface area (Å²) in [5, 5.41) is 3.05. The van der Waals surface area contributed by atoms with E-state index in [2.05, 4.69) is 31.7 Å². The highest BCUT2D eigenvalue weighted by molar-refractivity contribution is 9.10. The normalized spacial score (nSPS) is 11.2. The van der Waals surface area contributed by atoms with Gasteiger partial charge in [-0.1, -0.05) is 22.0 Å². The molecule has 4 N–H and O–H groups in total. The molecule has 5 heteroatoms. The molecular formula is C9H13BrN4. The SMILES string of the molecule is CCN=C(NN)Nc1cccc(Br)c1. The van der Waals surface area contributed by atoms with Gasteiger partial charge in [0.2, 0.25) is 5.96 Å². The predicted octanol–water partition coefficient (Wildman–Crippen LogP) is 1.70. The van der Waals surface area contributed by atoms with Gasteiger partial charge in [-0.15, -0.1) is 0 Å². The van der Waals surface area contributed by atoms with Gasteiger partial charge in [-0.3, -0.25) is 10.4 Å². The Morgan fingerprint density at radius 1 is 1.57 bits per heavy atom. The number of nitrogens with one attached hydrogen (secondary N) is 2. The van der Waals surface area contributed by atoms with E-state index in [4.69, 9.17) is 5.84 Å². The Labute approximate surface area is 91.7 Å². The van der Waals surface area contributed by atoms with Gasteiger partial charge in [-0.25, -0.2) is 5.84 Å². The summed E-state index contributed by atoms with van der Waals surface area (Å²) in [4.78, 5) is 4.12. The number of guanidine groups is 1. The van der Waals surface area contributed by atoms with Crippen LogP contribution in [0.2, 0.25) is 0 Å². The minimum absolute atomic E-state index is 0.561. The van der Waals surface area contributed by atoms with Crippen molar-refractivity contribution in [3.8, 4) is 0 Å². The maximum absolute atomic E-state index is 5.29. The molecule has 0 atom stereocenters. The molecule has 0 aliphatic carbocycles. The number of nitrogens with two attached hydrogens (primary N) is 1. The summed E-state index contributed by atoms with van der Waals surface area (Å²) >= 11 is 3.38. The third-order valence-corrected chi connectivity index (χ3v) is 2.03. The number of hydrogen-bond acceptors (Lipinski definition) is 2. The minimum Gasteiger partial charge on any atom is -0.325 e. The average molecular weight is 257 g/mol. The second-order valence-corrected chi connectivity index (χ2v) is 3.52. The number of anilines is 1. The van der Waals surface area contributed by atoms with Gasteiger partial charge in [-0.2, -0.15) is 0 Å². The highest BCUT2D eigenvalue weighted by Gasteiger charge is 1.96. The lowest BCUT2D eigenvalue weighted by Crippen LogP contribution is -2.36. The Hall–Kier alpha value is -1.07. The molecule has 0 amide bonds. The van der Waals surface area contributed by atoms with Gasteiger partial charge in [0.15, 0.2) is 0 Å². The number of aliphatic imine (C=N–C) groups is 1. The first-order chi connectivity index (χ1) is 6.76. The average Bonchev–Trinajstić information content (AvgIpc) is 2.17. The maximum atomic E-state index is 5.29. The molecule has 14 heavy (non-hydrogen) atoms. The zero-order valence-corrected chi connectivity index (χ0v) is 9.51. The van der Waals surface area contributed by atoms with Crippen LogP contribution in [-0.4, -0.2) is 12.5 Å². The van der Waals surface area contributed by atoms with Crippen molar-refractivity contribution >= 4 is 27.6 Å². The molecule has 1 rings (SSSR count). The first-order valence-corrected chi connectivity index (χ1v) is 5.09. The smallest absolute Gasteiger partial charge is 0.210 e. The van der Waals surface area contributed by atoms with Crippen molar-refractivity contribution in [2.24, 2.45) is 10.8 Å². The van der Waals surface area contributed by atoms with Crippen LogP contribution >= 0.6 is 15.9 Å². The molecule has 0 aromatic heterocycles. The standard InChI is InChI=1S/C9H13BrN4/c1-2-12-9(14-11)13-8-5-3-4-7(10)6-8/h3-6H,2,11H2,1H3,(H2,12,13,14). The van der Waals surface area contributed by atoms with E-state index in [-0.39, 0.29) is 0 Å². The first-order valence-electron chi connectivity index (χ1n) is 4.30. The van der Waals surface area contributed by atoms with Crippen LogP contribution in [0.25, 0.3) is 0 Å². The fourth-order valence-electron chi connectivity index (χ4n) is 0.982. The molecule has 76 valence electrons. The highest BCUT2D eigenvalue weighted by atomic mass is 79.9. The fourth-order valence-corrected chi connectivity index (χ4v) is 1.38. The van der Waals surface area contributed by atoms with Gasteiger partial charge in [0.1, 0.15) is 0 Å². The van der Waals surface area contributed by atoms with Crippen LogP contribution in [-0.2, 0) is 0 Å². The molecule has 4 nitrogen and oxygen atoms in total. The van der Waals surface area contributed by atoms with Crippen LogP contribution in [0.1, 0.15) is 6.92 Å². The fraction of sp³-hybridized carbons (Fsp3) is 0.222. The van der Waals surface area contributed by atoms with Crippen LogP contribution in [0.4, 0.5) is 5.69 Å². The van der Waals surface area contributed by atoms with Gasteiger partial charge in [0, 0.05) is 16.7 Å². The second kappa shape index (κ2) is 5.62. The van der Waals surface area contributed by atoms with E-state index in [0.29, 0.717) is 12.5 Å². The molecule has 0 unspecified atom stereocenters. The Kier molecular flexibility index (Phi) is 4.42. The number of benzene rings is 1. The zero-order chi connectivity index (χ0) is 10.4. The van der Waals surface area contributed by atoms with Crippen molar-refractivity contribution < 1.29 is 0 Å². The number of hydrogen-bond donors (Lipinski definition) is 3. The Morgan fingerprint density at radius 3 is 2.93 bits per heavy atom. The summed E-state index contributed by atoms with van der Waals surface area (Å²) in [6.07, 6.45) is 0. The van der Waals surface area contributed by atoms with Crippen LogP contribution < -0.4 is 16.6 Å². The van der Waals surface area contributed by atoms with E-state index in [1.54, 1.807) is 0 Å². The molecule has 1 aromatic carbocycles. The summed E-state index contributed by atoms with van der Waals surface area (Å²) in [5.41, 5.74) is 3.43. The van der Waals surface area contributed by atoms with Crippen molar-refractivity contribution in [1.29, 1.82) is 0 Å². The van der Waals surface area contributed by atoms with Gasteiger partial charge >= 0.3 is 0 Å². The lowest BCUT2D eigenvalue weighted by molar-refractivity contribution is 0.986. The van der Waals surface area contributed by atoms with Crippen LogP contribution in [0.5, 0.6) is 0 Å². The van der Waals surface area contributed by atoms with E-state index in [1.165, 1.54) is 0 Å². The van der Waals surface area contributed by atoms with E-state index in [0.717, 1.165) is 10.2 Å². The van der Waals surface area contributed by atoms with Crippen LogP contribution in [0, 0.1) is 0 Å².